The number of nitrogens with zero attached hydrogens (tertiary/aromatic N) is 1. The van der Waals surface area contributed by atoms with Crippen LogP contribution in [0.4, 0.5) is 0 Å². The molecule has 0 amide bonds. The number of fused-ring (bicyclic) bond motifs is 2. The molecule has 0 saturated carbocycles. The van der Waals surface area contributed by atoms with Crippen molar-refractivity contribution >= 4 is 27.5 Å². The molecule has 1 heterocycles. The Morgan fingerprint density at radius 3 is 2.26 bits per heavy atom. The molecule has 1 aliphatic rings. The fourth-order valence-electron chi connectivity index (χ4n) is 3.78. The van der Waals surface area contributed by atoms with Crippen molar-refractivity contribution in [2.45, 2.75) is 25.4 Å². The van der Waals surface area contributed by atoms with Crippen molar-refractivity contribution in [2.24, 2.45) is 0 Å². The summed E-state index contributed by atoms with van der Waals surface area (Å²) in [6.07, 6.45) is 1.71. The van der Waals surface area contributed by atoms with Gasteiger partial charge in [-0.15, -0.1) is 0 Å². The average molecular weight is 305 g/mol. The van der Waals surface area contributed by atoms with E-state index < -0.39 is 5.97 Å². The Bertz CT molecular complexity index is 833. The smallest absolute Gasteiger partial charge is 0.320 e. The molecule has 1 fully saturated rings. The minimum Gasteiger partial charge on any atom is -0.480 e. The summed E-state index contributed by atoms with van der Waals surface area (Å²) in [5, 5.41) is 14.3. The fourth-order valence-corrected chi connectivity index (χ4v) is 3.78. The van der Waals surface area contributed by atoms with E-state index in [1.807, 2.05) is 0 Å². The van der Waals surface area contributed by atoms with Crippen LogP contribution in [0.5, 0.6) is 0 Å². The summed E-state index contributed by atoms with van der Waals surface area (Å²) < 4.78 is 0. The first kappa shape index (κ1) is 14.2. The van der Waals surface area contributed by atoms with E-state index in [-0.39, 0.29) is 6.04 Å². The standard InChI is InChI=1S/C20H19NO2/c22-20(23)19-10-5-11-21(19)13-18-16-8-3-1-6-14(16)12-15-7-2-4-9-17(15)18/h1-4,6-9,12,19H,5,10-11,13H2,(H,22,23)/t19-/m0/s1. The van der Waals surface area contributed by atoms with Gasteiger partial charge in [0.2, 0.25) is 0 Å². The molecule has 23 heavy (non-hydrogen) atoms. The molecule has 1 aliphatic heterocycles. The molecule has 3 heteroatoms. The Hall–Kier alpha value is -2.39. The van der Waals surface area contributed by atoms with Crippen LogP contribution in [-0.2, 0) is 11.3 Å². The predicted molar refractivity (Wildman–Crippen MR) is 92.5 cm³/mol. The van der Waals surface area contributed by atoms with E-state index in [1.54, 1.807) is 0 Å². The summed E-state index contributed by atoms with van der Waals surface area (Å²) in [5.41, 5.74) is 1.24. The lowest BCUT2D eigenvalue weighted by atomic mass is 9.96. The second-order valence-corrected chi connectivity index (χ2v) is 6.26. The summed E-state index contributed by atoms with van der Waals surface area (Å²) in [6, 6.07) is 18.6. The van der Waals surface area contributed by atoms with Gasteiger partial charge in [-0.3, -0.25) is 9.69 Å². The normalized spacial score (nSPS) is 18.7. The molecule has 1 atom stereocenters. The highest BCUT2D eigenvalue weighted by Gasteiger charge is 2.30. The van der Waals surface area contributed by atoms with Crippen molar-refractivity contribution in [3.63, 3.8) is 0 Å². The molecule has 0 unspecified atom stereocenters. The molecule has 4 rings (SSSR count). The predicted octanol–water partition coefficient (Wildman–Crippen LogP) is 4.04. The molecular formula is C20H19NO2. The van der Waals surface area contributed by atoms with E-state index in [0.29, 0.717) is 6.54 Å². The van der Waals surface area contributed by atoms with Gasteiger partial charge in [0.25, 0.3) is 0 Å². The summed E-state index contributed by atoms with van der Waals surface area (Å²) in [7, 11) is 0. The third-order valence-corrected chi connectivity index (χ3v) is 4.89. The number of rotatable bonds is 3. The number of likely N-dealkylation sites (tertiary alicyclic amines) is 1. The third kappa shape index (κ3) is 2.47. The van der Waals surface area contributed by atoms with Crippen LogP contribution in [0.1, 0.15) is 18.4 Å². The molecule has 1 N–H and O–H groups in total. The SMILES string of the molecule is O=C(O)[C@@H]1CCCN1Cc1c2ccccc2cc2ccccc12. The molecule has 0 radical (unpaired) electrons. The van der Waals surface area contributed by atoms with Gasteiger partial charge in [0.1, 0.15) is 6.04 Å². The number of carboxylic acid groups (broad SMARTS) is 1. The van der Waals surface area contributed by atoms with Crippen LogP contribution in [0.15, 0.2) is 54.6 Å². The van der Waals surface area contributed by atoms with E-state index >= 15 is 0 Å². The first-order valence-electron chi connectivity index (χ1n) is 8.10. The van der Waals surface area contributed by atoms with Crippen molar-refractivity contribution in [2.75, 3.05) is 6.54 Å². The topological polar surface area (TPSA) is 40.5 Å². The molecule has 0 aliphatic carbocycles. The van der Waals surface area contributed by atoms with Crippen LogP contribution in [0.2, 0.25) is 0 Å². The van der Waals surface area contributed by atoms with E-state index in [1.165, 1.54) is 27.1 Å². The first-order chi connectivity index (χ1) is 11.2. The van der Waals surface area contributed by atoms with Gasteiger partial charge in [-0.25, -0.2) is 0 Å². The van der Waals surface area contributed by atoms with Gasteiger partial charge in [-0.1, -0.05) is 48.5 Å². The van der Waals surface area contributed by atoms with Crippen LogP contribution in [-0.4, -0.2) is 28.6 Å². The first-order valence-corrected chi connectivity index (χ1v) is 8.10. The Labute approximate surface area is 135 Å². The third-order valence-electron chi connectivity index (χ3n) is 4.89. The second kappa shape index (κ2) is 5.67. The van der Waals surface area contributed by atoms with Gasteiger partial charge < -0.3 is 5.11 Å². The van der Waals surface area contributed by atoms with Gasteiger partial charge >= 0.3 is 5.97 Å². The number of carboxylic acids is 1. The van der Waals surface area contributed by atoms with Crippen LogP contribution in [0.25, 0.3) is 21.5 Å². The molecule has 0 aromatic heterocycles. The van der Waals surface area contributed by atoms with Crippen molar-refractivity contribution in [1.82, 2.24) is 4.90 Å². The van der Waals surface area contributed by atoms with Gasteiger partial charge in [0, 0.05) is 6.54 Å². The Balaban J connectivity index is 1.88. The maximum atomic E-state index is 11.5. The lowest BCUT2D eigenvalue weighted by Crippen LogP contribution is -2.35. The molecule has 0 spiro atoms. The number of benzene rings is 3. The average Bonchev–Trinajstić information content (AvgIpc) is 3.03. The van der Waals surface area contributed by atoms with Crippen molar-refractivity contribution < 1.29 is 9.90 Å². The highest BCUT2D eigenvalue weighted by atomic mass is 16.4. The summed E-state index contributed by atoms with van der Waals surface area (Å²) in [4.78, 5) is 13.6. The van der Waals surface area contributed by atoms with E-state index in [4.69, 9.17) is 0 Å². The Kier molecular flexibility index (Phi) is 3.50. The van der Waals surface area contributed by atoms with E-state index in [0.717, 1.165) is 19.4 Å². The maximum absolute atomic E-state index is 11.5. The number of hydrogen-bond donors (Lipinski definition) is 1. The van der Waals surface area contributed by atoms with Gasteiger partial charge in [-0.2, -0.15) is 0 Å². The zero-order valence-electron chi connectivity index (χ0n) is 12.9. The Morgan fingerprint density at radius 1 is 1.04 bits per heavy atom. The number of aliphatic carboxylic acids is 1. The number of hydrogen-bond acceptors (Lipinski definition) is 2. The van der Waals surface area contributed by atoms with Gasteiger partial charge in [0.05, 0.1) is 0 Å². The second-order valence-electron chi connectivity index (χ2n) is 6.26. The minimum absolute atomic E-state index is 0.354. The molecule has 0 bridgehead atoms. The van der Waals surface area contributed by atoms with Gasteiger partial charge in [-0.05, 0) is 52.6 Å². The molecular weight excluding hydrogens is 286 g/mol. The molecule has 3 nitrogen and oxygen atoms in total. The lowest BCUT2D eigenvalue weighted by Gasteiger charge is -2.23. The van der Waals surface area contributed by atoms with Crippen molar-refractivity contribution in [1.29, 1.82) is 0 Å². The van der Waals surface area contributed by atoms with E-state index in [2.05, 4.69) is 59.5 Å². The van der Waals surface area contributed by atoms with Gasteiger partial charge in [0.15, 0.2) is 0 Å². The lowest BCUT2D eigenvalue weighted by molar-refractivity contribution is -0.142. The fraction of sp³-hybridized carbons (Fsp3) is 0.250. The van der Waals surface area contributed by atoms with Crippen LogP contribution >= 0.6 is 0 Å². The molecule has 3 aromatic rings. The van der Waals surface area contributed by atoms with Crippen LogP contribution in [0.3, 0.4) is 0 Å². The largest absolute Gasteiger partial charge is 0.480 e. The highest BCUT2D eigenvalue weighted by Crippen LogP contribution is 2.31. The molecule has 3 aromatic carbocycles. The van der Waals surface area contributed by atoms with Crippen molar-refractivity contribution in [3.05, 3.63) is 60.2 Å². The van der Waals surface area contributed by atoms with Crippen molar-refractivity contribution in [3.8, 4) is 0 Å². The number of carbonyl (C=O) groups is 1. The molecule has 1 saturated heterocycles. The summed E-state index contributed by atoms with van der Waals surface area (Å²) in [6.45, 7) is 1.55. The van der Waals surface area contributed by atoms with E-state index in [9.17, 15) is 9.90 Å². The quantitative estimate of drug-likeness (QED) is 0.742. The minimum atomic E-state index is -0.702. The Morgan fingerprint density at radius 2 is 1.65 bits per heavy atom. The van der Waals surface area contributed by atoms with Crippen LogP contribution in [0, 0.1) is 0 Å². The monoisotopic (exact) mass is 305 g/mol. The highest BCUT2D eigenvalue weighted by molar-refractivity contribution is 6.02. The zero-order valence-corrected chi connectivity index (χ0v) is 12.9. The maximum Gasteiger partial charge on any atom is 0.320 e. The van der Waals surface area contributed by atoms with Crippen LogP contribution < -0.4 is 0 Å². The molecule has 116 valence electrons. The summed E-state index contributed by atoms with van der Waals surface area (Å²) >= 11 is 0. The zero-order chi connectivity index (χ0) is 15.8. The summed E-state index contributed by atoms with van der Waals surface area (Å²) in [5.74, 6) is -0.702.